The first-order valence-corrected chi connectivity index (χ1v) is 7.60. The van der Waals surface area contributed by atoms with Crippen molar-refractivity contribution in [3.05, 3.63) is 34.6 Å². The highest BCUT2D eigenvalue weighted by atomic mass is 35.5. The van der Waals surface area contributed by atoms with E-state index in [0.717, 1.165) is 30.7 Å². The van der Waals surface area contributed by atoms with Crippen molar-refractivity contribution in [3.8, 4) is 0 Å². The first-order valence-electron chi connectivity index (χ1n) is 7.22. The number of rotatable bonds is 3. The van der Waals surface area contributed by atoms with Crippen molar-refractivity contribution in [2.24, 2.45) is 11.8 Å². The SMILES string of the molecule is OC1(Cc2ccc(F)c(Cl)c2)CCCC(C2CC2)C1. The molecule has 2 aliphatic carbocycles. The molecular formula is C16H20ClFO. The van der Waals surface area contributed by atoms with Gasteiger partial charge in [-0.15, -0.1) is 0 Å². The molecule has 2 aliphatic rings. The lowest BCUT2D eigenvalue weighted by atomic mass is 9.73. The molecule has 3 rings (SSSR count). The van der Waals surface area contributed by atoms with Gasteiger partial charge in [0.1, 0.15) is 5.82 Å². The van der Waals surface area contributed by atoms with Crippen molar-refractivity contribution < 1.29 is 9.50 Å². The Kier molecular flexibility index (Phi) is 3.57. The van der Waals surface area contributed by atoms with Gasteiger partial charge in [-0.3, -0.25) is 0 Å². The molecule has 1 nitrogen and oxygen atoms in total. The monoisotopic (exact) mass is 282 g/mol. The molecule has 0 spiro atoms. The highest BCUT2D eigenvalue weighted by Gasteiger charge is 2.40. The van der Waals surface area contributed by atoms with E-state index in [-0.39, 0.29) is 5.02 Å². The molecule has 1 aromatic rings. The zero-order valence-electron chi connectivity index (χ0n) is 11.0. The van der Waals surface area contributed by atoms with E-state index < -0.39 is 11.4 Å². The lowest BCUT2D eigenvalue weighted by Crippen LogP contribution is -2.38. The van der Waals surface area contributed by atoms with Gasteiger partial charge in [0.05, 0.1) is 10.6 Å². The van der Waals surface area contributed by atoms with Crippen LogP contribution in [0.3, 0.4) is 0 Å². The second-order valence-electron chi connectivity index (χ2n) is 6.34. The molecule has 0 amide bonds. The fourth-order valence-electron chi connectivity index (χ4n) is 3.55. The third-order valence-electron chi connectivity index (χ3n) is 4.67. The average molecular weight is 283 g/mol. The van der Waals surface area contributed by atoms with Crippen LogP contribution in [0.2, 0.25) is 5.02 Å². The third kappa shape index (κ3) is 3.11. The van der Waals surface area contributed by atoms with Gasteiger partial charge in [0, 0.05) is 6.42 Å². The second kappa shape index (κ2) is 5.06. The third-order valence-corrected chi connectivity index (χ3v) is 4.95. The van der Waals surface area contributed by atoms with Crippen LogP contribution in [0.15, 0.2) is 18.2 Å². The minimum Gasteiger partial charge on any atom is -0.390 e. The summed E-state index contributed by atoms with van der Waals surface area (Å²) >= 11 is 5.81. The van der Waals surface area contributed by atoms with Crippen LogP contribution in [0.25, 0.3) is 0 Å². The Hall–Kier alpha value is -0.600. The van der Waals surface area contributed by atoms with E-state index in [0.29, 0.717) is 12.3 Å². The normalized spacial score (nSPS) is 31.4. The summed E-state index contributed by atoms with van der Waals surface area (Å²) in [6.45, 7) is 0. The molecule has 2 fully saturated rings. The van der Waals surface area contributed by atoms with E-state index in [9.17, 15) is 9.50 Å². The number of aliphatic hydroxyl groups is 1. The Balaban J connectivity index is 1.71. The summed E-state index contributed by atoms with van der Waals surface area (Å²) < 4.78 is 13.2. The van der Waals surface area contributed by atoms with Crippen molar-refractivity contribution in [2.75, 3.05) is 0 Å². The van der Waals surface area contributed by atoms with Crippen LogP contribution >= 0.6 is 11.6 Å². The van der Waals surface area contributed by atoms with Gasteiger partial charge in [-0.25, -0.2) is 4.39 Å². The largest absolute Gasteiger partial charge is 0.390 e. The van der Waals surface area contributed by atoms with E-state index >= 15 is 0 Å². The predicted molar refractivity (Wildman–Crippen MR) is 74.7 cm³/mol. The Bertz CT molecular complexity index is 472. The van der Waals surface area contributed by atoms with E-state index in [4.69, 9.17) is 11.6 Å². The maximum atomic E-state index is 13.2. The molecule has 0 aromatic heterocycles. The molecule has 1 aromatic carbocycles. The first kappa shape index (κ1) is 13.4. The first-order chi connectivity index (χ1) is 9.06. The van der Waals surface area contributed by atoms with Gasteiger partial charge in [-0.1, -0.05) is 24.1 Å². The van der Waals surface area contributed by atoms with E-state index in [1.807, 2.05) is 0 Å². The second-order valence-corrected chi connectivity index (χ2v) is 6.75. The molecule has 2 unspecified atom stereocenters. The van der Waals surface area contributed by atoms with Crippen molar-refractivity contribution in [1.29, 1.82) is 0 Å². The summed E-state index contributed by atoms with van der Waals surface area (Å²) in [5.74, 6) is 1.15. The van der Waals surface area contributed by atoms with Gasteiger partial charge in [0.25, 0.3) is 0 Å². The molecule has 104 valence electrons. The molecule has 1 N–H and O–H groups in total. The summed E-state index contributed by atoms with van der Waals surface area (Å²) in [6.07, 6.45) is 7.38. The lowest BCUT2D eigenvalue weighted by Gasteiger charge is -2.37. The molecule has 2 atom stereocenters. The molecular weight excluding hydrogens is 263 g/mol. The van der Waals surface area contributed by atoms with Gasteiger partial charge < -0.3 is 5.11 Å². The van der Waals surface area contributed by atoms with E-state index in [1.165, 1.54) is 25.3 Å². The van der Waals surface area contributed by atoms with Crippen LogP contribution in [0.4, 0.5) is 4.39 Å². The zero-order chi connectivity index (χ0) is 13.5. The van der Waals surface area contributed by atoms with Gasteiger partial charge >= 0.3 is 0 Å². The Morgan fingerprint density at radius 3 is 2.74 bits per heavy atom. The standard InChI is InChI=1S/C16H20ClFO/c17-14-8-11(3-6-15(14)18)9-16(19)7-1-2-13(10-16)12-4-5-12/h3,6,8,12-13,19H,1-2,4-5,7,9-10H2. The maximum Gasteiger partial charge on any atom is 0.141 e. The maximum absolute atomic E-state index is 13.2. The minimum atomic E-state index is -0.618. The topological polar surface area (TPSA) is 20.2 Å². The highest BCUT2D eigenvalue weighted by molar-refractivity contribution is 6.30. The average Bonchev–Trinajstić information content (AvgIpc) is 3.18. The van der Waals surface area contributed by atoms with Crippen molar-refractivity contribution in [1.82, 2.24) is 0 Å². The summed E-state index contributed by atoms with van der Waals surface area (Å²) in [7, 11) is 0. The summed E-state index contributed by atoms with van der Waals surface area (Å²) in [4.78, 5) is 0. The molecule has 0 heterocycles. The van der Waals surface area contributed by atoms with Crippen LogP contribution in [-0.4, -0.2) is 10.7 Å². The molecule has 0 radical (unpaired) electrons. The smallest absolute Gasteiger partial charge is 0.141 e. The van der Waals surface area contributed by atoms with Crippen LogP contribution < -0.4 is 0 Å². The fraction of sp³-hybridized carbons (Fsp3) is 0.625. The number of hydrogen-bond acceptors (Lipinski definition) is 1. The molecule has 19 heavy (non-hydrogen) atoms. The quantitative estimate of drug-likeness (QED) is 0.874. The summed E-state index contributed by atoms with van der Waals surface area (Å²) in [5, 5.41) is 10.9. The van der Waals surface area contributed by atoms with Crippen LogP contribution in [0, 0.1) is 17.7 Å². The summed E-state index contributed by atoms with van der Waals surface area (Å²) in [5.41, 5.74) is 0.317. The Labute approximate surface area is 118 Å². The lowest BCUT2D eigenvalue weighted by molar-refractivity contribution is -0.0195. The molecule has 3 heteroatoms. The van der Waals surface area contributed by atoms with E-state index in [2.05, 4.69) is 0 Å². The minimum absolute atomic E-state index is 0.149. The molecule has 2 saturated carbocycles. The molecule has 0 aliphatic heterocycles. The Morgan fingerprint density at radius 1 is 1.26 bits per heavy atom. The molecule has 0 saturated heterocycles. The zero-order valence-corrected chi connectivity index (χ0v) is 11.8. The van der Waals surface area contributed by atoms with Gasteiger partial charge in [0.2, 0.25) is 0 Å². The molecule has 0 bridgehead atoms. The van der Waals surface area contributed by atoms with E-state index in [1.54, 1.807) is 12.1 Å². The van der Waals surface area contributed by atoms with Crippen molar-refractivity contribution in [2.45, 2.75) is 50.5 Å². The predicted octanol–water partition coefficient (Wildman–Crippen LogP) is 4.35. The highest BCUT2D eigenvalue weighted by Crippen LogP contribution is 2.47. The number of halogens is 2. The van der Waals surface area contributed by atoms with Crippen molar-refractivity contribution in [3.63, 3.8) is 0 Å². The van der Waals surface area contributed by atoms with Gasteiger partial charge in [-0.2, -0.15) is 0 Å². The van der Waals surface area contributed by atoms with Gasteiger partial charge in [-0.05, 0) is 61.6 Å². The summed E-state index contributed by atoms with van der Waals surface area (Å²) in [6, 6.07) is 4.78. The Morgan fingerprint density at radius 2 is 2.05 bits per heavy atom. The van der Waals surface area contributed by atoms with Crippen molar-refractivity contribution >= 4 is 11.6 Å². The van der Waals surface area contributed by atoms with Crippen LogP contribution in [-0.2, 0) is 6.42 Å². The van der Waals surface area contributed by atoms with Crippen LogP contribution in [0.5, 0.6) is 0 Å². The number of hydrogen-bond donors (Lipinski definition) is 1. The van der Waals surface area contributed by atoms with Crippen LogP contribution in [0.1, 0.15) is 44.1 Å². The number of benzene rings is 1. The van der Waals surface area contributed by atoms with Gasteiger partial charge in [0.15, 0.2) is 0 Å². The fourth-order valence-corrected chi connectivity index (χ4v) is 3.75.